The molecule has 1 saturated carbocycles. The molecule has 2 aromatic carbocycles. The number of aryl methyl sites for hydroxylation is 1. The number of amides is 1. The van der Waals surface area contributed by atoms with Gasteiger partial charge in [-0.2, -0.15) is 26.3 Å². The maximum absolute atomic E-state index is 15.0. The van der Waals surface area contributed by atoms with E-state index in [4.69, 9.17) is 0 Å². The Balaban J connectivity index is 1.63. The molecule has 0 spiro atoms. The summed E-state index contributed by atoms with van der Waals surface area (Å²) in [6.45, 7) is -0.143. The van der Waals surface area contributed by atoms with Gasteiger partial charge in [-0.15, -0.1) is 0 Å². The molecule has 240 valence electrons. The normalized spacial score (nSPS) is 26.2. The van der Waals surface area contributed by atoms with Crippen LogP contribution in [-0.4, -0.2) is 55.2 Å². The lowest BCUT2D eigenvalue weighted by Gasteiger charge is -2.44. The predicted molar refractivity (Wildman–Crippen MR) is 138 cm³/mol. The largest absolute Gasteiger partial charge is 0.481 e. The first kappa shape index (κ1) is 32.2. The molecule has 0 radical (unpaired) electrons. The number of carbonyl (C=O) groups is 2. The van der Waals surface area contributed by atoms with Crippen LogP contribution in [0.25, 0.3) is 0 Å². The molecular weight excluding hydrogens is 626 g/mol. The number of benzene rings is 2. The van der Waals surface area contributed by atoms with Gasteiger partial charge in [0.1, 0.15) is 10.6 Å². The zero-order valence-corrected chi connectivity index (χ0v) is 23.7. The zero-order chi connectivity index (χ0) is 32.5. The van der Waals surface area contributed by atoms with Gasteiger partial charge in [0.15, 0.2) is 9.84 Å². The average Bonchev–Trinajstić information content (AvgIpc) is 3.36. The standard InChI is InChI=1S/C29H27F8NO5S/c30-20-2-1-3-21(15-20)44(42,43)26-12-13-38(24(39)16-4-6-17(7-5-16)25(40)41)23(26)11-8-18-14-19(9-10-22(18)26)27(31,28(32,33)34)29(35,36)37/h1-3,9-10,14-17,23H,4-8,11-13H2,(H,40,41). The molecule has 1 N–H and O–H groups in total. The van der Waals surface area contributed by atoms with Gasteiger partial charge in [0.2, 0.25) is 5.91 Å². The quantitative estimate of drug-likeness (QED) is 0.387. The van der Waals surface area contributed by atoms with Crippen LogP contribution in [-0.2, 0) is 36.3 Å². The summed E-state index contributed by atoms with van der Waals surface area (Å²) in [4.78, 5) is 25.9. The first-order valence-electron chi connectivity index (χ1n) is 13.9. The number of carboxylic acids is 1. The van der Waals surface area contributed by atoms with E-state index >= 15 is 0 Å². The van der Waals surface area contributed by atoms with E-state index in [0.29, 0.717) is 6.07 Å². The fourth-order valence-electron chi connectivity index (χ4n) is 7.16. The maximum atomic E-state index is 15.0. The van der Waals surface area contributed by atoms with Crippen LogP contribution in [0.3, 0.4) is 0 Å². The van der Waals surface area contributed by atoms with Crippen molar-refractivity contribution in [2.75, 3.05) is 6.54 Å². The van der Waals surface area contributed by atoms with E-state index in [1.165, 1.54) is 4.90 Å². The van der Waals surface area contributed by atoms with E-state index in [9.17, 15) is 58.2 Å². The number of alkyl halides is 7. The van der Waals surface area contributed by atoms with Crippen molar-refractivity contribution in [2.45, 2.75) is 78.7 Å². The Morgan fingerprint density at radius 1 is 0.864 bits per heavy atom. The molecule has 0 aromatic heterocycles. The van der Waals surface area contributed by atoms with Crippen molar-refractivity contribution in [3.8, 4) is 0 Å². The second-order valence-corrected chi connectivity index (χ2v) is 13.8. The van der Waals surface area contributed by atoms with E-state index in [-0.39, 0.29) is 68.7 Å². The number of hydrogen-bond donors (Lipinski definition) is 1. The lowest BCUT2D eigenvalue weighted by molar-refractivity contribution is -0.348. The highest BCUT2D eigenvalue weighted by molar-refractivity contribution is 7.92. The lowest BCUT2D eigenvalue weighted by atomic mass is 9.76. The molecule has 3 aliphatic rings. The van der Waals surface area contributed by atoms with Gasteiger partial charge in [-0.25, -0.2) is 17.2 Å². The van der Waals surface area contributed by atoms with E-state index in [0.717, 1.165) is 30.3 Å². The predicted octanol–water partition coefficient (Wildman–Crippen LogP) is 6.22. The van der Waals surface area contributed by atoms with Crippen LogP contribution in [0.2, 0.25) is 0 Å². The number of hydrogen-bond acceptors (Lipinski definition) is 4. The Morgan fingerprint density at radius 2 is 1.48 bits per heavy atom. The number of likely N-dealkylation sites (tertiary alicyclic amines) is 1. The van der Waals surface area contributed by atoms with E-state index in [1.807, 2.05) is 0 Å². The number of sulfone groups is 1. The minimum absolute atomic E-state index is 0.143. The topological polar surface area (TPSA) is 91.8 Å². The second-order valence-electron chi connectivity index (χ2n) is 11.6. The summed E-state index contributed by atoms with van der Waals surface area (Å²) in [6.07, 6.45) is -12.6. The van der Waals surface area contributed by atoms with Gasteiger partial charge >= 0.3 is 24.0 Å². The molecular formula is C29H27F8NO5S. The molecule has 1 heterocycles. The molecule has 2 unspecified atom stereocenters. The molecule has 44 heavy (non-hydrogen) atoms. The zero-order valence-electron chi connectivity index (χ0n) is 22.9. The first-order valence-corrected chi connectivity index (χ1v) is 15.3. The van der Waals surface area contributed by atoms with Gasteiger partial charge in [0, 0.05) is 18.0 Å². The third-order valence-corrected chi connectivity index (χ3v) is 11.9. The van der Waals surface area contributed by atoms with E-state index < -0.39 is 78.6 Å². The highest BCUT2D eigenvalue weighted by atomic mass is 32.2. The van der Waals surface area contributed by atoms with Gasteiger partial charge in [0.05, 0.1) is 16.9 Å². The van der Waals surface area contributed by atoms with Gasteiger partial charge in [-0.3, -0.25) is 9.59 Å². The van der Waals surface area contributed by atoms with Crippen LogP contribution in [0.1, 0.15) is 55.2 Å². The number of carbonyl (C=O) groups excluding carboxylic acids is 1. The fourth-order valence-corrected chi connectivity index (χ4v) is 9.56. The highest BCUT2D eigenvalue weighted by Crippen LogP contribution is 2.57. The minimum Gasteiger partial charge on any atom is -0.481 e. The van der Waals surface area contributed by atoms with Gasteiger partial charge in [-0.05, 0) is 74.3 Å². The van der Waals surface area contributed by atoms with E-state index in [2.05, 4.69) is 0 Å². The highest BCUT2D eigenvalue weighted by Gasteiger charge is 2.74. The number of nitrogens with zero attached hydrogens (tertiary/aromatic N) is 1. The molecule has 0 bridgehead atoms. The van der Waals surface area contributed by atoms with Gasteiger partial charge in [-0.1, -0.05) is 24.3 Å². The number of rotatable bonds is 5. The van der Waals surface area contributed by atoms with Crippen molar-refractivity contribution < 1.29 is 58.2 Å². The Bertz CT molecular complexity index is 1570. The smallest absolute Gasteiger partial charge is 0.435 e. The molecule has 1 amide bonds. The number of fused-ring (bicyclic) bond motifs is 3. The molecule has 15 heteroatoms. The molecule has 2 aromatic rings. The molecule has 1 saturated heterocycles. The lowest BCUT2D eigenvalue weighted by Crippen LogP contribution is -2.53. The number of carboxylic acid groups (broad SMARTS) is 1. The summed E-state index contributed by atoms with van der Waals surface area (Å²) in [5.41, 5.74) is -7.93. The molecule has 1 aliphatic heterocycles. The van der Waals surface area contributed by atoms with Crippen molar-refractivity contribution in [2.24, 2.45) is 11.8 Å². The fraction of sp³-hybridized carbons (Fsp3) is 0.517. The van der Waals surface area contributed by atoms with Crippen LogP contribution in [0.5, 0.6) is 0 Å². The van der Waals surface area contributed by atoms with Gasteiger partial charge in [0.25, 0.3) is 0 Å². The van der Waals surface area contributed by atoms with Crippen molar-refractivity contribution in [3.05, 3.63) is 65.0 Å². The summed E-state index contributed by atoms with van der Waals surface area (Å²) in [5.74, 6) is -3.59. The van der Waals surface area contributed by atoms with Gasteiger partial charge < -0.3 is 10.0 Å². The molecule has 2 atom stereocenters. The summed E-state index contributed by atoms with van der Waals surface area (Å²) >= 11 is 0. The van der Waals surface area contributed by atoms with Crippen LogP contribution in [0.4, 0.5) is 35.1 Å². The van der Waals surface area contributed by atoms with Crippen LogP contribution < -0.4 is 0 Å². The monoisotopic (exact) mass is 653 g/mol. The third-order valence-electron chi connectivity index (χ3n) is 9.36. The maximum Gasteiger partial charge on any atom is 0.435 e. The van der Waals surface area contributed by atoms with Crippen LogP contribution >= 0.6 is 0 Å². The number of aliphatic carboxylic acids is 1. The van der Waals surface area contributed by atoms with Crippen molar-refractivity contribution >= 4 is 21.7 Å². The van der Waals surface area contributed by atoms with Crippen LogP contribution in [0, 0.1) is 17.7 Å². The molecule has 5 rings (SSSR count). The third kappa shape index (κ3) is 4.76. The Morgan fingerprint density at radius 3 is 2.05 bits per heavy atom. The number of halogens is 8. The molecule has 2 aliphatic carbocycles. The Hall–Kier alpha value is -3.23. The first-order chi connectivity index (χ1) is 20.4. The summed E-state index contributed by atoms with van der Waals surface area (Å²) < 4.78 is 137. The summed E-state index contributed by atoms with van der Waals surface area (Å²) in [5, 5.41) is 9.30. The minimum atomic E-state index is -6.38. The second kappa shape index (κ2) is 10.7. The van der Waals surface area contributed by atoms with Crippen molar-refractivity contribution in [1.29, 1.82) is 0 Å². The summed E-state index contributed by atoms with van der Waals surface area (Å²) in [6, 6.07) is 4.22. The van der Waals surface area contributed by atoms with Crippen molar-refractivity contribution in [3.63, 3.8) is 0 Å². The molecule has 2 fully saturated rings. The molecule has 6 nitrogen and oxygen atoms in total. The Labute approximate surface area is 247 Å². The SMILES string of the molecule is O=C(O)C1CCC(C(=O)N2CCC3(S(=O)(=O)c4cccc(F)c4)c4ccc(C(F)(C(F)(F)F)C(F)(F)F)cc4CCC23)CC1. The Kier molecular flexibility index (Phi) is 7.82. The average molecular weight is 654 g/mol. The van der Waals surface area contributed by atoms with E-state index in [1.54, 1.807) is 0 Å². The van der Waals surface area contributed by atoms with Crippen LogP contribution in [0.15, 0.2) is 47.4 Å². The van der Waals surface area contributed by atoms with Crippen molar-refractivity contribution in [1.82, 2.24) is 4.90 Å². The summed E-state index contributed by atoms with van der Waals surface area (Å²) in [7, 11) is -4.67.